The number of carbonyl (C=O) groups excluding carboxylic acids is 2. The third-order valence-corrected chi connectivity index (χ3v) is 10.7. The van der Waals surface area contributed by atoms with E-state index in [9.17, 15) is 18.0 Å². The Labute approximate surface area is 267 Å². The predicted octanol–water partition coefficient (Wildman–Crippen LogP) is 6.48. The van der Waals surface area contributed by atoms with Gasteiger partial charge in [-0.3, -0.25) is 9.59 Å². The second kappa shape index (κ2) is 12.2. The number of nitrogens with one attached hydrogen (secondary N) is 3. The van der Waals surface area contributed by atoms with Gasteiger partial charge in [0.25, 0.3) is 0 Å². The molecule has 1 aliphatic carbocycles. The normalized spacial score (nSPS) is 28.5. The molecule has 5 rings (SSSR count). The van der Waals surface area contributed by atoms with E-state index in [-0.39, 0.29) is 45.2 Å². The number of amides is 1. The van der Waals surface area contributed by atoms with Crippen LogP contribution in [0.25, 0.3) is 0 Å². The third-order valence-electron chi connectivity index (χ3n) is 9.32. The molecule has 2 aromatic rings. The van der Waals surface area contributed by atoms with Crippen molar-refractivity contribution in [1.29, 1.82) is 0 Å². The Balaban J connectivity index is 1.51. The van der Waals surface area contributed by atoms with Crippen molar-refractivity contribution in [2.75, 3.05) is 11.6 Å². The van der Waals surface area contributed by atoms with Gasteiger partial charge in [0.15, 0.2) is 0 Å². The summed E-state index contributed by atoms with van der Waals surface area (Å²) in [5.74, 6) is -2.80. The molecule has 2 aliphatic heterocycles. The number of rotatable bonds is 9. The molecule has 0 unspecified atom stereocenters. The molecule has 6 atom stereocenters. The number of sulfonamides is 1. The van der Waals surface area contributed by atoms with Crippen molar-refractivity contribution in [3.05, 3.63) is 63.1 Å². The average Bonchev–Trinajstić information content (AvgIpc) is 3.55. The molecule has 1 amide bonds. The summed E-state index contributed by atoms with van der Waals surface area (Å²) in [6.07, 6.45) is 5.38. The molecule has 3 aliphatic rings. The number of Topliss-reactive ketones (excluding diaryl/α,β-unsaturated/α-hetero) is 1. The summed E-state index contributed by atoms with van der Waals surface area (Å²) in [5, 5.41) is 6.01. The lowest BCUT2D eigenvalue weighted by atomic mass is 9.62. The van der Waals surface area contributed by atoms with Gasteiger partial charge in [0, 0.05) is 30.1 Å². The van der Waals surface area contributed by atoms with E-state index in [4.69, 9.17) is 23.2 Å². The second-order valence-corrected chi connectivity index (χ2v) is 16.4. The molecule has 0 aromatic heterocycles. The van der Waals surface area contributed by atoms with Crippen molar-refractivity contribution in [3.8, 4) is 0 Å². The monoisotopic (exact) mass is 669 g/mol. The topological polar surface area (TPSA) is 104 Å². The fourth-order valence-corrected chi connectivity index (χ4v) is 8.85. The molecule has 0 radical (unpaired) electrons. The first-order valence-corrected chi connectivity index (χ1v) is 17.7. The Morgan fingerprint density at radius 3 is 2.55 bits per heavy atom. The quantitative estimate of drug-likeness (QED) is 0.284. The van der Waals surface area contributed by atoms with Gasteiger partial charge in [-0.1, -0.05) is 56.1 Å². The van der Waals surface area contributed by atoms with E-state index in [0.717, 1.165) is 25.5 Å². The van der Waals surface area contributed by atoms with E-state index in [1.54, 1.807) is 12.1 Å². The number of carbonyl (C=O) groups is 2. The fraction of sp³-hybridized carbons (Fsp3) is 0.562. The summed E-state index contributed by atoms with van der Waals surface area (Å²) >= 11 is 12.3. The van der Waals surface area contributed by atoms with Gasteiger partial charge in [-0.2, -0.15) is 0 Å². The van der Waals surface area contributed by atoms with Gasteiger partial charge < -0.3 is 10.6 Å². The van der Waals surface area contributed by atoms with Crippen LogP contribution in [-0.2, 0) is 25.0 Å². The molecular formula is C32H39Cl2F2N3O4S. The lowest BCUT2D eigenvalue weighted by Crippen LogP contribution is -2.49. The Bertz CT molecular complexity index is 1580. The van der Waals surface area contributed by atoms with Crippen LogP contribution in [0.1, 0.15) is 82.8 Å². The van der Waals surface area contributed by atoms with Crippen LogP contribution in [-0.4, -0.2) is 44.5 Å². The van der Waals surface area contributed by atoms with Gasteiger partial charge in [-0.25, -0.2) is 21.9 Å². The first-order valence-electron chi connectivity index (χ1n) is 15.0. The summed E-state index contributed by atoms with van der Waals surface area (Å²) in [6.45, 7) is 6.03. The first kappa shape index (κ1) is 33.3. The minimum Gasteiger partial charge on any atom is -0.325 e. The lowest BCUT2D eigenvalue weighted by Gasteiger charge is -2.37. The van der Waals surface area contributed by atoms with Crippen LogP contribution in [0.15, 0.2) is 30.3 Å². The number of halogens is 4. The van der Waals surface area contributed by atoms with E-state index >= 15 is 8.78 Å². The molecule has 12 heteroatoms. The van der Waals surface area contributed by atoms with Crippen molar-refractivity contribution in [1.82, 2.24) is 10.0 Å². The van der Waals surface area contributed by atoms with Gasteiger partial charge in [0.05, 0.1) is 22.3 Å². The number of ketones is 1. The molecule has 1 saturated carbocycles. The van der Waals surface area contributed by atoms with Gasteiger partial charge in [-0.15, -0.1) is 0 Å². The maximum absolute atomic E-state index is 15.9. The molecule has 2 aromatic carbocycles. The smallest absolute Gasteiger partial charge is 0.237 e. The zero-order valence-corrected chi connectivity index (χ0v) is 27.6. The Hall–Kier alpha value is -2.11. The number of benzene rings is 2. The van der Waals surface area contributed by atoms with Crippen molar-refractivity contribution < 1.29 is 26.8 Å². The zero-order valence-electron chi connectivity index (χ0n) is 25.3. The SMILES string of the molecule is CC(C)(C)C[C@H]1N[C@@H](C(=O)CCC[C@H]2CC[C@H](NS(C)(=O)=O)C2)[C@H](c2cccc(Cl)c2F)[C@@]12C(=O)Nc1cc(Cl)c(F)cc12. The summed E-state index contributed by atoms with van der Waals surface area (Å²) in [7, 11) is -3.29. The first-order chi connectivity index (χ1) is 20.5. The highest BCUT2D eigenvalue weighted by Gasteiger charge is 2.66. The number of hydrogen-bond donors (Lipinski definition) is 3. The van der Waals surface area contributed by atoms with Gasteiger partial charge >= 0.3 is 0 Å². The van der Waals surface area contributed by atoms with Crippen LogP contribution < -0.4 is 15.4 Å². The van der Waals surface area contributed by atoms with Crippen LogP contribution in [0.5, 0.6) is 0 Å². The molecular weight excluding hydrogens is 631 g/mol. The number of hydrogen-bond acceptors (Lipinski definition) is 5. The summed E-state index contributed by atoms with van der Waals surface area (Å²) in [6, 6.07) is 5.44. The molecule has 44 heavy (non-hydrogen) atoms. The maximum atomic E-state index is 15.9. The summed E-state index contributed by atoms with van der Waals surface area (Å²) in [5.41, 5.74) is -1.05. The van der Waals surface area contributed by atoms with Crippen LogP contribution >= 0.6 is 23.2 Å². The molecule has 0 bridgehead atoms. The van der Waals surface area contributed by atoms with Gasteiger partial charge in [0.1, 0.15) is 22.8 Å². The summed E-state index contributed by atoms with van der Waals surface area (Å²) < 4.78 is 56.9. The number of anilines is 1. The van der Waals surface area contributed by atoms with Crippen molar-refractivity contribution >= 4 is 50.6 Å². The third kappa shape index (κ3) is 6.43. The van der Waals surface area contributed by atoms with E-state index in [1.807, 2.05) is 20.8 Å². The fourth-order valence-electron chi connectivity index (χ4n) is 7.68. The van der Waals surface area contributed by atoms with Crippen LogP contribution in [0, 0.1) is 23.0 Å². The standard InChI is InChI=1S/C32H39Cl2F2N3O4S/c1-31(2,3)16-26-32(20-14-23(35)22(34)15-24(20)37-30(32)41)27(19-8-6-9-21(33)28(19)36)29(38-26)25(40)10-5-7-17-11-12-18(13-17)39-44(4,42)43/h6,8-9,14-15,17-18,26-27,29,38-39H,5,7,10-13,16H2,1-4H3,(H,37,41)/t17-,18-,26+,27-,29-,32-/m0/s1. The maximum Gasteiger partial charge on any atom is 0.237 e. The second-order valence-electron chi connectivity index (χ2n) is 13.8. The van der Waals surface area contributed by atoms with Crippen LogP contribution in [0.4, 0.5) is 14.5 Å². The Morgan fingerprint density at radius 1 is 1.14 bits per heavy atom. The highest BCUT2D eigenvalue weighted by molar-refractivity contribution is 7.88. The van der Waals surface area contributed by atoms with E-state index in [0.29, 0.717) is 30.5 Å². The largest absolute Gasteiger partial charge is 0.325 e. The Kier molecular flexibility index (Phi) is 9.26. The Morgan fingerprint density at radius 2 is 1.86 bits per heavy atom. The minimum absolute atomic E-state index is 0.106. The molecule has 2 heterocycles. The predicted molar refractivity (Wildman–Crippen MR) is 169 cm³/mol. The minimum atomic E-state index is -3.29. The van der Waals surface area contributed by atoms with Crippen molar-refractivity contribution in [2.45, 2.75) is 95.2 Å². The van der Waals surface area contributed by atoms with E-state index < -0.39 is 51.0 Å². The van der Waals surface area contributed by atoms with E-state index in [1.165, 1.54) is 18.2 Å². The van der Waals surface area contributed by atoms with Crippen molar-refractivity contribution in [3.63, 3.8) is 0 Å². The highest BCUT2D eigenvalue weighted by Crippen LogP contribution is 2.57. The molecule has 1 saturated heterocycles. The summed E-state index contributed by atoms with van der Waals surface area (Å²) in [4.78, 5) is 28.3. The molecule has 3 N–H and O–H groups in total. The molecule has 240 valence electrons. The highest BCUT2D eigenvalue weighted by atomic mass is 35.5. The zero-order chi connectivity index (χ0) is 32.2. The van der Waals surface area contributed by atoms with E-state index in [2.05, 4.69) is 15.4 Å². The van der Waals surface area contributed by atoms with Crippen LogP contribution in [0.2, 0.25) is 10.0 Å². The average molecular weight is 671 g/mol. The molecule has 1 spiro atoms. The van der Waals surface area contributed by atoms with Gasteiger partial charge in [0.2, 0.25) is 15.9 Å². The number of fused-ring (bicyclic) bond motifs is 2. The molecule has 2 fully saturated rings. The lowest BCUT2D eigenvalue weighted by molar-refractivity contribution is -0.122. The van der Waals surface area contributed by atoms with Gasteiger partial charge in [-0.05, 0) is 79.2 Å². The van der Waals surface area contributed by atoms with Crippen molar-refractivity contribution in [2.24, 2.45) is 11.3 Å². The van der Waals surface area contributed by atoms with Crippen LogP contribution in [0.3, 0.4) is 0 Å². The molecule has 7 nitrogen and oxygen atoms in total.